The molecule has 4 N–H and O–H groups in total. The Balaban J connectivity index is 2.76. The molecule has 1 rings (SSSR count). The van der Waals surface area contributed by atoms with E-state index in [1.54, 1.807) is 24.3 Å². The Labute approximate surface area is 115 Å². The Hall–Kier alpha value is -0.950. The summed E-state index contributed by atoms with van der Waals surface area (Å²) in [7, 11) is 0. The number of aliphatic hydroxyl groups excluding tert-OH is 2. The van der Waals surface area contributed by atoms with Gasteiger partial charge in [0.1, 0.15) is 11.1 Å². The van der Waals surface area contributed by atoms with Gasteiger partial charge in [-0.25, -0.2) is 0 Å². The van der Waals surface area contributed by atoms with Crippen molar-refractivity contribution in [1.82, 2.24) is 0 Å². The van der Waals surface area contributed by atoms with Crippen LogP contribution in [0.25, 0.3) is 0 Å². The molecule has 0 aliphatic heterocycles. The highest BCUT2D eigenvalue weighted by Gasteiger charge is 2.19. The molecule has 4 nitrogen and oxygen atoms in total. The minimum Gasteiger partial charge on any atom is -0.389 e. The Morgan fingerprint density at radius 1 is 1.50 bits per heavy atom. The molecule has 0 aromatic heterocycles. The quantitative estimate of drug-likeness (QED) is 0.700. The number of aliphatic hydroxyl groups is 2. The molecule has 0 aliphatic rings. The molecule has 0 fully saturated rings. The summed E-state index contributed by atoms with van der Waals surface area (Å²) >= 11 is 5.82. The van der Waals surface area contributed by atoms with E-state index >= 15 is 0 Å². The predicted molar refractivity (Wildman–Crippen MR) is 76.4 cm³/mol. The van der Waals surface area contributed by atoms with Crippen LogP contribution in [0.3, 0.4) is 0 Å². The van der Waals surface area contributed by atoms with Crippen molar-refractivity contribution in [2.45, 2.75) is 19.1 Å². The number of rotatable bonds is 5. The first-order valence-electron chi connectivity index (χ1n) is 5.31. The molecule has 0 aliphatic carbocycles. The lowest BCUT2D eigenvalue weighted by atomic mass is 10.0. The zero-order chi connectivity index (χ0) is 13.7. The highest BCUT2D eigenvalue weighted by Crippen LogP contribution is 2.21. The molecule has 0 heterocycles. The monoisotopic (exact) mass is 285 g/mol. The summed E-state index contributed by atoms with van der Waals surface area (Å²) in [5, 5.41) is 19.6. The first kappa shape index (κ1) is 15.1. The molecule has 1 aromatic carbocycles. The molecule has 6 heteroatoms. The van der Waals surface area contributed by atoms with Gasteiger partial charge in [-0.1, -0.05) is 42.2 Å². The maximum Gasteiger partial charge on any atom is 0.185 e. The molecule has 0 radical (unpaired) electrons. The van der Waals surface area contributed by atoms with E-state index in [1.807, 2.05) is 0 Å². The van der Waals surface area contributed by atoms with Crippen molar-refractivity contribution >= 4 is 34.1 Å². The van der Waals surface area contributed by atoms with Crippen LogP contribution < -0.4 is 5.73 Å². The van der Waals surface area contributed by atoms with Crippen molar-refractivity contribution in [3.63, 3.8) is 0 Å². The van der Waals surface area contributed by atoms with E-state index in [0.29, 0.717) is 11.1 Å². The van der Waals surface area contributed by atoms with E-state index in [0.717, 1.165) is 11.8 Å². The van der Waals surface area contributed by atoms with Crippen molar-refractivity contribution in [1.29, 1.82) is 0 Å². The van der Waals surface area contributed by atoms with E-state index in [9.17, 15) is 15.0 Å². The van der Waals surface area contributed by atoms with E-state index in [1.165, 1.54) is 6.92 Å². The van der Waals surface area contributed by atoms with Gasteiger partial charge < -0.3 is 15.9 Å². The third-order valence-corrected chi connectivity index (χ3v) is 3.48. The van der Waals surface area contributed by atoms with Crippen LogP contribution >= 0.6 is 24.0 Å². The first-order valence-corrected chi connectivity index (χ1v) is 6.70. The Bertz CT molecular complexity index is 451. The number of thioether (sulfide) groups is 1. The van der Waals surface area contributed by atoms with E-state index in [2.05, 4.69) is 0 Å². The predicted octanol–water partition coefficient (Wildman–Crippen LogP) is 0.995. The molecule has 18 heavy (non-hydrogen) atoms. The molecule has 0 spiro atoms. The fourth-order valence-electron chi connectivity index (χ4n) is 1.39. The van der Waals surface area contributed by atoms with Gasteiger partial charge in [-0.15, -0.1) is 0 Å². The standard InChI is InChI=1S/C12H15NO3S2/c1-7(14)18-6-10(15)11(16)8-3-2-4-9(5-8)12(13)17/h2-5,10-11,15-16H,6H2,1H3,(H2,13,17). The summed E-state index contributed by atoms with van der Waals surface area (Å²) in [5.74, 6) is 0.147. The van der Waals surface area contributed by atoms with Gasteiger partial charge in [0.2, 0.25) is 0 Å². The van der Waals surface area contributed by atoms with Gasteiger partial charge in [0, 0.05) is 18.2 Å². The molecule has 0 saturated heterocycles. The van der Waals surface area contributed by atoms with Crippen molar-refractivity contribution < 1.29 is 15.0 Å². The van der Waals surface area contributed by atoms with Gasteiger partial charge in [0.05, 0.1) is 6.10 Å². The van der Waals surface area contributed by atoms with Crippen LogP contribution in [-0.4, -0.2) is 32.2 Å². The van der Waals surface area contributed by atoms with Crippen LogP contribution in [-0.2, 0) is 4.79 Å². The number of carbonyl (C=O) groups is 1. The Morgan fingerprint density at radius 3 is 2.72 bits per heavy atom. The van der Waals surface area contributed by atoms with Gasteiger partial charge in [-0.2, -0.15) is 0 Å². The molecular weight excluding hydrogens is 270 g/mol. The third kappa shape index (κ3) is 4.38. The van der Waals surface area contributed by atoms with Gasteiger partial charge >= 0.3 is 0 Å². The van der Waals surface area contributed by atoms with E-state index in [-0.39, 0.29) is 15.9 Å². The van der Waals surface area contributed by atoms with Gasteiger partial charge in [0.25, 0.3) is 0 Å². The lowest BCUT2D eigenvalue weighted by Crippen LogP contribution is -2.22. The minimum atomic E-state index is -1.06. The summed E-state index contributed by atoms with van der Waals surface area (Å²) in [6.07, 6.45) is -2.08. The van der Waals surface area contributed by atoms with Crippen molar-refractivity contribution in [3.05, 3.63) is 35.4 Å². The second kappa shape index (κ2) is 6.84. The van der Waals surface area contributed by atoms with Crippen molar-refractivity contribution in [2.75, 3.05) is 5.75 Å². The minimum absolute atomic E-state index is 0.0989. The average molecular weight is 285 g/mol. The van der Waals surface area contributed by atoms with Crippen LogP contribution in [0.5, 0.6) is 0 Å². The molecule has 1 aromatic rings. The van der Waals surface area contributed by atoms with Crippen molar-refractivity contribution in [3.8, 4) is 0 Å². The zero-order valence-electron chi connectivity index (χ0n) is 9.87. The third-order valence-electron chi connectivity index (χ3n) is 2.33. The van der Waals surface area contributed by atoms with Gasteiger partial charge in [0.15, 0.2) is 5.12 Å². The molecule has 0 amide bonds. The number of benzene rings is 1. The first-order chi connectivity index (χ1) is 8.41. The van der Waals surface area contributed by atoms with Crippen molar-refractivity contribution in [2.24, 2.45) is 5.73 Å². The van der Waals surface area contributed by atoms with Gasteiger partial charge in [-0.05, 0) is 11.6 Å². The second-order valence-corrected chi connectivity index (χ2v) is 5.44. The molecule has 0 bridgehead atoms. The maximum atomic E-state index is 10.8. The highest BCUT2D eigenvalue weighted by molar-refractivity contribution is 8.13. The molecule has 98 valence electrons. The average Bonchev–Trinajstić information content (AvgIpc) is 2.35. The topological polar surface area (TPSA) is 83.5 Å². The van der Waals surface area contributed by atoms with Crippen LogP contribution in [0.1, 0.15) is 24.2 Å². The summed E-state index contributed by atoms with van der Waals surface area (Å²) in [5.41, 5.74) is 6.65. The summed E-state index contributed by atoms with van der Waals surface area (Å²) in [6, 6.07) is 6.75. The Morgan fingerprint density at radius 2 is 2.17 bits per heavy atom. The second-order valence-electron chi connectivity index (χ2n) is 3.80. The summed E-state index contributed by atoms with van der Waals surface area (Å²) in [4.78, 5) is 11.0. The van der Waals surface area contributed by atoms with E-state index in [4.69, 9.17) is 18.0 Å². The number of nitrogens with two attached hydrogens (primary N) is 1. The maximum absolute atomic E-state index is 10.8. The summed E-state index contributed by atoms with van der Waals surface area (Å²) < 4.78 is 0. The SMILES string of the molecule is CC(=O)SCC(O)C(O)c1cccc(C(N)=S)c1. The normalized spacial score (nSPS) is 13.9. The molecular formula is C12H15NO3S2. The van der Waals surface area contributed by atoms with Crippen LogP contribution in [0.15, 0.2) is 24.3 Å². The summed E-state index contributed by atoms with van der Waals surface area (Å²) in [6.45, 7) is 1.41. The van der Waals surface area contributed by atoms with Gasteiger partial charge in [-0.3, -0.25) is 4.79 Å². The smallest absolute Gasteiger partial charge is 0.185 e. The van der Waals surface area contributed by atoms with E-state index < -0.39 is 12.2 Å². The lowest BCUT2D eigenvalue weighted by molar-refractivity contribution is -0.109. The fraction of sp³-hybridized carbons (Fsp3) is 0.333. The van der Waals surface area contributed by atoms with Crippen LogP contribution in [0, 0.1) is 0 Å². The zero-order valence-corrected chi connectivity index (χ0v) is 11.5. The van der Waals surface area contributed by atoms with Crippen LogP contribution in [0.4, 0.5) is 0 Å². The molecule has 2 atom stereocenters. The largest absolute Gasteiger partial charge is 0.389 e. The number of thiocarbonyl (C=S) groups is 1. The number of hydrogen-bond donors (Lipinski definition) is 3. The molecule has 0 saturated carbocycles. The number of carbonyl (C=O) groups excluding carboxylic acids is 1. The fourth-order valence-corrected chi connectivity index (χ4v) is 2.11. The van der Waals surface area contributed by atoms with Crippen LogP contribution in [0.2, 0.25) is 0 Å². The lowest BCUT2D eigenvalue weighted by Gasteiger charge is -2.17. The highest BCUT2D eigenvalue weighted by atomic mass is 32.2. The number of hydrogen-bond acceptors (Lipinski definition) is 5. The molecule has 2 unspecified atom stereocenters. The Kier molecular flexibility index (Phi) is 5.74.